The molecule has 0 aliphatic carbocycles. The molecule has 0 aliphatic heterocycles. The normalized spacial score (nSPS) is 11.4. The molecule has 0 spiro atoms. The second kappa shape index (κ2) is 8.52. The molecule has 0 aliphatic rings. The Morgan fingerprint density at radius 1 is 1.03 bits per heavy atom. The molecule has 0 saturated heterocycles. The molecule has 0 unspecified atom stereocenters. The Balaban J connectivity index is 1.72. The number of aryl methyl sites for hydroxylation is 1. The van der Waals surface area contributed by atoms with Gasteiger partial charge in [-0.15, -0.1) is 0 Å². The molecule has 3 rings (SSSR count). The van der Waals surface area contributed by atoms with Gasteiger partial charge in [0.05, 0.1) is 24.7 Å². The predicted molar refractivity (Wildman–Crippen MR) is 113 cm³/mol. The fraction of sp³-hybridized carbons (Fsp3) is 0.333. The van der Waals surface area contributed by atoms with Crippen LogP contribution in [0, 0.1) is 5.41 Å². The number of rotatable bonds is 6. The van der Waals surface area contributed by atoms with E-state index >= 15 is 0 Å². The smallest absolute Gasteiger partial charge is 0.344 e. The first-order chi connectivity index (χ1) is 13.8. The van der Waals surface area contributed by atoms with Gasteiger partial charge in [-0.05, 0) is 69.0 Å². The van der Waals surface area contributed by atoms with Crippen LogP contribution in [-0.2, 0) is 16.0 Å². The summed E-state index contributed by atoms with van der Waals surface area (Å²) in [5.41, 5.74) is 2.02. The molecular weight excluding hydrogens is 368 g/mol. The minimum atomic E-state index is -0.492. The molecule has 0 N–H and O–H groups in total. The summed E-state index contributed by atoms with van der Waals surface area (Å²) < 4.78 is 16.0. The fourth-order valence-electron chi connectivity index (χ4n) is 2.94. The van der Waals surface area contributed by atoms with Gasteiger partial charge in [0.1, 0.15) is 11.3 Å². The first-order valence-electron chi connectivity index (χ1n) is 9.66. The summed E-state index contributed by atoms with van der Waals surface area (Å²) in [4.78, 5) is 24.3. The lowest BCUT2D eigenvalue weighted by Gasteiger charge is -2.16. The van der Waals surface area contributed by atoms with Crippen LogP contribution < -0.4 is 10.4 Å². The Morgan fingerprint density at radius 2 is 1.76 bits per heavy atom. The standard InChI is InChI=1S/C24H26O5/c1-24(2,3)23(26)28-13-5-6-16-7-8-18-15-20(22(25)29-21(18)14-16)17-9-11-19(27-4)12-10-17/h7-12,14-15H,5-6,13H2,1-4H3. The Kier molecular flexibility index (Phi) is 6.06. The molecule has 0 saturated carbocycles. The van der Waals surface area contributed by atoms with Crippen LogP contribution in [0.4, 0.5) is 0 Å². The second-order valence-electron chi connectivity index (χ2n) is 8.04. The quantitative estimate of drug-likeness (QED) is 0.335. The monoisotopic (exact) mass is 394 g/mol. The zero-order valence-electron chi connectivity index (χ0n) is 17.3. The average molecular weight is 394 g/mol. The van der Waals surface area contributed by atoms with Gasteiger partial charge in [0, 0.05) is 5.39 Å². The highest BCUT2D eigenvalue weighted by atomic mass is 16.5. The molecule has 0 amide bonds. The summed E-state index contributed by atoms with van der Waals surface area (Å²) >= 11 is 0. The molecule has 152 valence electrons. The van der Waals surface area contributed by atoms with Crippen molar-refractivity contribution >= 4 is 16.9 Å². The molecule has 0 fully saturated rings. The van der Waals surface area contributed by atoms with Crippen molar-refractivity contribution in [1.29, 1.82) is 0 Å². The highest BCUT2D eigenvalue weighted by molar-refractivity contribution is 5.82. The summed E-state index contributed by atoms with van der Waals surface area (Å²) in [5, 5.41) is 0.860. The van der Waals surface area contributed by atoms with Crippen molar-refractivity contribution in [3.05, 3.63) is 64.5 Å². The van der Waals surface area contributed by atoms with Gasteiger partial charge in [-0.2, -0.15) is 0 Å². The van der Waals surface area contributed by atoms with E-state index in [4.69, 9.17) is 13.9 Å². The molecule has 0 bridgehead atoms. The van der Waals surface area contributed by atoms with Crippen LogP contribution in [0.1, 0.15) is 32.8 Å². The highest BCUT2D eigenvalue weighted by Crippen LogP contribution is 2.24. The maximum Gasteiger partial charge on any atom is 0.344 e. The van der Waals surface area contributed by atoms with E-state index in [1.54, 1.807) is 7.11 Å². The van der Waals surface area contributed by atoms with Crippen molar-refractivity contribution in [2.75, 3.05) is 13.7 Å². The largest absolute Gasteiger partial charge is 0.497 e. The van der Waals surface area contributed by atoms with Gasteiger partial charge in [-0.25, -0.2) is 4.79 Å². The molecule has 29 heavy (non-hydrogen) atoms. The number of fused-ring (bicyclic) bond motifs is 1. The molecule has 3 aromatic rings. The van der Waals surface area contributed by atoms with Gasteiger partial charge in [0.2, 0.25) is 0 Å². The van der Waals surface area contributed by atoms with E-state index in [1.165, 1.54) is 0 Å². The third-order valence-electron chi connectivity index (χ3n) is 4.66. The highest BCUT2D eigenvalue weighted by Gasteiger charge is 2.22. The molecule has 1 heterocycles. The number of methoxy groups -OCH3 is 1. The van der Waals surface area contributed by atoms with Crippen LogP contribution in [0.3, 0.4) is 0 Å². The minimum Gasteiger partial charge on any atom is -0.497 e. The summed E-state index contributed by atoms with van der Waals surface area (Å²) in [6.45, 7) is 5.87. The van der Waals surface area contributed by atoms with E-state index in [9.17, 15) is 9.59 Å². The fourth-order valence-corrected chi connectivity index (χ4v) is 2.94. The minimum absolute atomic E-state index is 0.201. The molecular formula is C24H26O5. The van der Waals surface area contributed by atoms with Crippen LogP contribution in [0.25, 0.3) is 22.1 Å². The maximum atomic E-state index is 12.5. The van der Waals surface area contributed by atoms with Crippen LogP contribution in [0.5, 0.6) is 5.75 Å². The Morgan fingerprint density at radius 3 is 2.41 bits per heavy atom. The lowest BCUT2D eigenvalue weighted by molar-refractivity contribution is -0.153. The average Bonchev–Trinajstić information content (AvgIpc) is 2.69. The van der Waals surface area contributed by atoms with E-state index in [2.05, 4.69) is 0 Å². The van der Waals surface area contributed by atoms with E-state index in [1.807, 2.05) is 69.3 Å². The third kappa shape index (κ3) is 5.05. The molecule has 5 heteroatoms. The molecule has 1 aromatic heterocycles. The molecule has 0 atom stereocenters. The van der Waals surface area contributed by atoms with E-state index in [0.29, 0.717) is 24.2 Å². The van der Waals surface area contributed by atoms with Crippen LogP contribution in [0.15, 0.2) is 57.7 Å². The van der Waals surface area contributed by atoms with E-state index in [-0.39, 0.29) is 11.6 Å². The zero-order chi connectivity index (χ0) is 21.0. The van der Waals surface area contributed by atoms with Crippen molar-refractivity contribution in [3.63, 3.8) is 0 Å². The SMILES string of the molecule is COc1ccc(-c2cc3ccc(CCCOC(=O)C(C)(C)C)cc3oc2=O)cc1. The number of hydrogen-bond donors (Lipinski definition) is 0. The number of ether oxygens (including phenoxy) is 2. The molecule has 5 nitrogen and oxygen atoms in total. The lowest BCUT2D eigenvalue weighted by Crippen LogP contribution is -2.23. The number of benzene rings is 2. The van der Waals surface area contributed by atoms with E-state index < -0.39 is 5.41 Å². The number of hydrogen-bond acceptors (Lipinski definition) is 5. The summed E-state index contributed by atoms with van der Waals surface area (Å²) in [5.74, 6) is 0.532. The van der Waals surface area contributed by atoms with Crippen LogP contribution in [-0.4, -0.2) is 19.7 Å². The molecule has 2 aromatic carbocycles. The summed E-state index contributed by atoms with van der Waals surface area (Å²) in [6.07, 6.45) is 1.44. The Bertz CT molecular complexity index is 1060. The van der Waals surface area contributed by atoms with Gasteiger partial charge in [-0.3, -0.25) is 4.79 Å². The third-order valence-corrected chi connectivity index (χ3v) is 4.66. The van der Waals surface area contributed by atoms with Crippen molar-refractivity contribution in [3.8, 4) is 16.9 Å². The topological polar surface area (TPSA) is 65.7 Å². The number of esters is 1. The maximum absolute atomic E-state index is 12.5. The van der Waals surface area contributed by atoms with Crippen molar-refractivity contribution < 1.29 is 18.7 Å². The predicted octanol–water partition coefficient (Wildman–Crippen LogP) is 4.99. The first kappa shape index (κ1) is 20.6. The second-order valence-corrected chi connectivity index (χ2v) is 8.04. The number of carbonyl (C=O) groups is 1. The van der Waals surface area contributed by atoms with Crippen LogP contribution in [0.2, 0.25) is 0 Å². The Hall–Kier alpha value is -3.08. The van der Waals surface area contributed by atoms with Gasteiger partial charge >= 0.3 is 11.6 Å². The number of carbonyl (C=O) groups excluding carboxylic acids is 1. The first-order valence-corrected chi connectivity index (χ1v) is 9.66. The Labute approximate surface area is 170 Å². The van der Waals surface area contributed by atoms with Crippen LogP contribution >= 0.6 is 0 Å². The van der Waals surface area contributed by atoms with Crippen molar-refractivity contribution in [2.45, 2.75) is 33.6 Å². The van der Waals surface area contributed by atoms with Gasteiger partial charge < -0.3 is 13.9 Å². The van der Waals surface area contributed by atoms with Gasteiger partial charge in [-0.1, -0.05) is 24.3 Å². The zero-order valence-corrected chi connectivity index (χ0v) is 17.3. The van der Waals surface area contributed by atoms with Crippen molar-refractivity contribution in [1.82, 2.24) is 0 Å². The molecule has 0 radical (unpaired) electrons. The summed E-state index contributed by atoms with van der Waals surface area (Å²) in [6, 6.07) is 15.0. The van der Waals surface area contributed by atoms with E-state index in [0.717, 1.165) is 28.7 Å². The summed E-state index contributed by atoms with van der Waals surface area (Å²) in [7, 11) is 1.60. The van der Waals surface area contributed by atoms with Gasteiger partial charge in [0.15, 0.2) is 0 Å². The lowest BCUT2D eigenvalue weighted by atomic mass is 9.97. The van der Waals surface area contributed by atoms with Gasteiger partial charge in [0.25, 0.3) is 0 Å². The van der Waals surface area contributed by atoms with Crippen molar-refractivity contribution in [2.24, 2.45) is 5.41 Å².